The first-order chi connectivity index (χ1) is 13.7. The largest absolute Gasteiger partial charge is 0.352 e. The predicted octanol–water partition coefficient (Wildman–Crippen LogP) is 2.75. The summed E-state index contributed by atoms with van der Waals surface area (Å²) in [7, 11) is 0. The second kappa shape index (κ2) is 8.57. The van der Waals surface area contributed by atoms with Crippen molar-refractivity contribution < 1.29 is 9.59 Å². The summed E-state index contributed by atoms with van der Waals surface area (Å²) in [6, 6.07) is 18.5. The van der Waals surface area contributed by atoms with Crippen LogP contribution in [0.25, 0.3) is 0 Å². The van der Waals surface area contributed by atoms with E-state index in [2.05, 4.69) is 34.5 Å². The van der Waals surface area contributed by atoms with Crippen LogP contribution in [0.1, 0.15) is 30.4 Å². The van der Waals surface area contributed by atoms with Gasteiger partial charge in [-0.1, -0.05) is 42.5 Å². The van der Waals surface area contributed by atoms with Gasteiger partial charge < -0.3 is 10.2 Å². The SMILES string of the molecule is O=C(Cc1ccc(N2CCCC2=O)cc1)NC1CCN(Cc2ccccc2)C1. The molecule has 2 fully saturated rings. The molecule has 2 heterocycles. The van der Waals surface area contributed by atoms with Gasteiger partial charge in [-0.2, -0.15) is 0 Å². The first-order valence-corrected chi connectivity index (χ1v) is 10.1. The number of carbonyl (C=O) groups is 2. The van der Waals surface area contributed by atoms with Crippen LogP contribution in [-0.2, 0) is 22.6 Å². The van der Waals surface area contributed by atoms with Gasteiger partial charge in [0.15, 0.2) is 0 Å². The van der Waals surface area contributed by atoms with Crippen molar-refractivity contribution in [2.45, 2.75) is 38.3 Å². The normalized spacial score (nSPS) is 19.9. The molecule has 0 aliphatic carbocycles. The van der Waals surface area contributed by atoms with Crippen LogP contribution in [0.5, 0.6) is 0 Å². The molecule has 2 aliphatic rings. The van der Waals surface area contributed by atoms with Gasteiger partial charge in [-0.05, 0) is 36.1 Å². The van der Waals surface area contributed by atoms with Crippen LogP contribution in [0.3, 0.4) is 0 Å². The lowest BCUT2D eigenvalue weighted by Crippen LogP contribution is -2.37. The van der Waals surface area contributed by atoms with Crippen LogP contribution >= 0.6 is 0 Å². The van der Waals surface area contributed by atoms with Crippen molar-refractivity contribution in [1.29, 1.82) is 0 Å². The molecule has 0 spiro atoms. The Morgan fingerprint density at radius 3 is 2.50 bits per heavy atom. The third-order valence-electron chi connectivity index (χ3n) is 5.57. The van der Waals surface area contributed by atoms with E-state index in [1.165, 1.54) is 5.56 Å². The van der Waals surface area contributed by atoms with Crippen LogP contribution < -0.4 is 10.2 Å². The number of amides is 2. The molecule has 2 aliphatic heterocycles. The van der Waals surface area contributed by atoms with Crippen molar-refractivity contribution in [3.63, 3.8) is 0 Å². The van der Waals surface area contributed by atoms with Gasteiger partial charge >= 0.3 is 0 Å². The maximum atomic E-state index is 12.4. The molecule has 0 aromatic heterocycles. The first-order valence-electron chi connectivity index (χ1n) is 10.1. The molecule has 1 N–H and O–H groups in total. The Labute approximate surface area is 166 Å². The van der Waals surface area contributed by atoms with E-state index in [4.69, 9.17) is 0 Å². The zero-order valence-corrected chi connectivity index (χ0v) is 16.1. The van der Waals surface area contributed by atoms with E-state index in [9.17, 15) is 9.59 Å². The Morgan fingerprint density at radius 2 is 1.79 bits per heavy atom. The van der Waals surface area contributed by atoms with Crippen molar-refractivity contribution in [2.24, 2.45) is 0 Å². The highest BCUT2D eigenvalue weighted by Crippen LogP contribution is 2.22. The van der Waals surface area contributed by atoms with Crippen LogP contribution in [-0.4, -0.2) is 42.4 Å². The molecule has 0 radical (unpaired) electrons. The van der Waals surface area contributed by atoms with Gasteiger partial charge in [0.2, 0.25) is 11.8 Å². The third kappa shape index (κ3) is 4.60. The highest BCUT2D eigenvalue weighted by molar-refractivity contribution is 5.95. The molecule has 0 bridgehead atoms. The highest BCUT2D eigenvalue weighted by atomic mass is 16.2. The van der Waals surface area contributed by atoms with E-state index in [0.29, 0.717) is 12.8 Å². The van der Waals surface area contributed by atoms with E-state index in [1.54, 1.807) is 0 Å². The summed E-state index contributed by atoms with van der Waals surface area (Å²) in [4.78, 5) is 28.5. The standard InChI is InChI=1S/C23H27N3O2/c27-22(15-18-8-10-21(11-9-18)26-13-4-7-23(26)28)24-20-12-14-25(17-20)16-19-5-2-1-3-6-19/h1-3,5-6,8-11,20H,4,7,12-17H2,(H,24,27). The van der Waals surface area contributed by atoms with Crippen LogP contribution in [0.15, 0.2) is 54.6 Å². The van der Waals surface area contributed by atoms with Crippen LogP contribution in [0.2, 0.25) is 0 Å². The molecule has 28 heavy (non-hydrogen) atoms. The minimum absolute atomic E-state index is 0.0663. The van der Waals surface area contributed by atoms with Gasteiger partial charge in [-0.25, -0.2) is 0 Å². The lowest BCUT2D eigenvalue weighted by molar-refractivity contribution is -0.121. The van der Waals surface area contributed by atoms with Gasteiger partial charge in [0.05, 0.1) is 6.42 Å². The second-order valence-corrected chi connectivity index (χ2v) is 7.77. The smallest absolute Gasteiger partial charge is 0.227 e. The van der Waals surface area contributed by atoms with Crippen molar-refractivity contribution in [2.75, 3.05) is 24.5 Å². The number of nitrogens with one attached hydrogen (secondary N) is 1. The molecule has 1 unspecified atom stereocenters. The van der Waals surface area contributed by atoms with Gasteiger partial charge in [-0.15, -0.1) is 0 Å². The molecular formula is C23H27N3O2. The summed E-state index contributed by atoms with van der Waals surface area (Å²) < 4.78 is 0. The van der Waals surface area contributed by atoms with Gasteiger partial charge in [-0.3, -0.25) is 14.5 Å². The predicted molar refractivity (Wildman–Crippen MR) is 110 cm³/mol. The minimum Gasteiger partial charge on any atom is -0.352 e. The third-order valence-corrected chi connectivity index (χ3v) is 5.57. The van der Waals surface area contributed by atoms with Gasteiger partial charge in [0.25, 0.3) is 0 Å². The fourth-order valence-electron chi connectivity index (χ4n) is 4.11. The van der Waals surface area contributed by atoms with E-state index in [-0.39, 0.29) is 17.9 Å². The average Bonchev–Trinajstić information content (AvgIpc) is 3.32. The van der Waals surface area contributed by atoms with Gasteiger partial charge in [0.1, 0.15) is 0 Å². The molecule has 146 valence electrons. The molecule has 2 aromatic carbocycles. The van der Waals surface area contributed by atoms with E-state index in [1.807, 2.05) is 35.2 Å². The number of hydrogen-bond donors (Lipinski definition) is 1. The second-order valence-electron chi connectivity index (χ2n) is 7.77. The highest BCUT2D eigenvalue weighted by Gasteiger charge is 2.24. The molecule has 0 saturated carbocycles. The summed E-state index contributed by atoms with van der Waals surface area (Å²) in [5.41, 5.74) is 3.22. The molecular weight excluding hydrogens is 350 g/mol. The Bertz CT molecular complexity index is 820. The Morgan fingerprint density at radius 1 is 1.00 bits per heavy atom. The molecule has 5 nitrogen and oxygen atoms in total. The maximum Gasteiger partial charge on any atom is 0.227 e. The first kappa shape index (κ1) is 18.7. The zero-order valence-electron chi connectivity index (χ0n) is 16.1. The van der Waals surface area contributed by atoms with Crippen molar-refractivity contribution in [3.8, 4) is 0 Å². The molecule has 4 rings (SSSR count). The summed E-state index contributed by atoms with van der Waals surface area (Å²) in [6.07, 6.45) is 2.93. The molecule has 2 saturated heterocycles. The lowest BCUT2D eigenvalue weighted by Gasteiger charge is -2.17. The lowest BCUT2D eigenvalue weighted by atomic mass is 10.1. The molecule has 2 aromatic rings. The summed E-state index contributed by atoms with van der Waals surface area (Å²) in [6.45, 7) is 3.64. The Hall–Kier alpha value is -2.66. The van der Waals surface area contributed by atoms with Crippen molar-refractivity contribution in [3.05, 3.63) is 65.7 Å². The number of carbonyl (C=O) groups excluding carboxylic acids is 2. The number of likely N-dealkylation sites (tertiary alicyclic amines) is 1. The van der Waals surface area contributed by atoms with Crippen molar-refractivity contribution in [1.82, 2.24) is 10.2 Å². The Balaban J connectivity index is 1.25. The summed E-state index contributed by atoms with van der Waals surface area (Å²) >= 11 is 0. The fourth-order valence-corrected chi connectivity index (χ4v) is 4.11. The van der Waals surface area contributed by atoms with E-state index < -0.39 is 0 Å². The van der Waals surface area contributed by atoms with E-state index in [0.717, 1.165) is 50.3 Å². The van der Waals surface area contributed by atoms with E-state index >= 15 is 0 Å². The number of hydrogen-bond acceptors (Lipinski definition) is 3. The average molecular weight is 377 g/mol. The number of benzene rings is 2. The fraction of sp³-hybridized carbons (Fsp3) is 0.391. The number of rotatable bonds is 6. The summed E-state index contributed by atoms with van der Waals surface area (Å²) in [5, 5.41) is 3.17. The van der Waals surface area contributed by atoms with Crippen LogP contribution in [0.4, 0.5) is 5.69 Å². The monoisotopic (exact) mass is 377 g/mol. The van der Waals surface area contributed by atoms with Gasteiger partial charge in [0, 0.05) is 44.3 Å². The van der Waals surface area contributed by atoms with Crippen LogP contribution in [0, 0.1) is 0 Å². The zero-order chi connectivity index (χ0) is 19.3. The number of anilines is 1. The topological polar surface area (TPSA) is 52.7 Å². The summed E-state index contributed by atoms with van der Waals surface area (Å²) in [5.74, 6) is 0.253. The quantitative estimate of drug-likeness (QED) is 0.842. The molecule has 1 atom stereocenters. The minimum atomic E-state index is 0.0663. The molecule has 2 amide bonds. The maximum absolute atomic E-state index is 12.4. The number of nitrogens with zero attached hydrogens (tertiary/aromatic N) is 2. The van der Waals surface area contributed by atoms with Crippen molar-refractivity contribution >= 4 is 17.5 Å². The Kier molecular flexibility index (Phi) is 5.72. The molecule has 5 heteroatoms.